The van der Waals surface area contributed by atoms with Crippen molar-refractivity contribution < 1.29 is 13.9 Å². The van der Waals surface area contributed by atoms with E-state index in [1.807, 2.05) is 6.07 Å². The number of hydrogen-bond donors (Lipinski definition) is 1. The molecular weight excluding hydrogens is 296 g/mol. The lowest BCUT2D eigenvalue weighted by atomic mass is 10.1. The number of amides is 1. The highest BCUT2D eigenvalue weighted by Gasteiger charge is 2.30. The summed E-state index contributed by atoms with van der Waals surface area (Å²) in [6.07, 6.45) is 3.13. The maximum absolute atomic E-state index is 12.5. The van der Waals surface area contributed by atoms with Crippen LogP contribution in [0.4, 0.5) is 0 Å². The van der Waals surface area contributed by atoms with Gasteiger partial charge in [-0.1, -0.05) is 0 Å². The Balaban J connectivity index is 1.51. The summed E-state index contributed by atoms with van der Waals surface area (Å²) in [6, 6.07) is 3.59. The van der Waals surface area contributed by atoms with Crippen molar-refractivity contribution in [1.82, 2.24) is 14.9 Å². The predicted octanol–water partition coefficient (Wildman–Crippen LogP) is 1.58. The third kappa shape index (κ3) is 2.51. The predicted molar refractivity (Wildman–Crippen MR) is 78.6 cm³/mol. The van der Waals surface area contributed by atoms with Crippen LogP contribution in [0, 0.1) is 11.3 Å². The molecule has 2 aliphatic heterocycles. The van der Waals surface area contributed by atoms with E-state index in [1.165, 1.54) is 6.20 Å². The van der Waals surface area contributed by atoms with Gasteiger partial charge in [0.05, 0.1) is 24.6 Å². The largest absolute Gasteiger partial charge is 0.445 e. The third-order valence-corrected chi connectivity index (χ3v) is 4.35. The number of aromatic amines is 1. The molecule has 1 unspecified atom stereocenters. The number of carbonyl (C=O) groups excluding carboxylic acids is 1. The van der Waals surface area contributed by atoms with Gasteiger partial charge in [0.15, 0.2) is 5.89 Å². The third-order valence-electron chi connectivity index (χ3n) is 4.35. The van der Waals surface area contributed by atoms with Gasteiger partial charge in [-0.2, -0.15) is 5.26 Å². The summed E-state index contributed by atoms with van der Waals surface area (Å²) in [7, 11) is 0. The summed E-state index contributed by atoms with van der Waals surface area (Å²) < 4.78 is 11.2. The number of carbonyl (C=O) groups is 1. The van der Waals surface area contributed by atoms with E-state index in [9.17, 15) is 4.79 Å². The second kappa shape index (κ2) is 5.56. The van der Waals surface area contributed by atoms with E-state index in [0.29, 0.717) is 37.4 Å². The van der Waals surface area contributed by atoms with Crippen LogP contribution in [0.3, 0.4) is 0 Å². The molecule has 0 bridgehead atoms. The molecular formula is C16H16N4O3. The van der Waals surface area contributed by atoms with Crippen LogP contribution < -0.4 is 0 Å². The highest BCUT2D eigenvalue weighted by atomic mass is 16.5. The van der Waals surface area contributed by atoms with E-state index in [-0.39, 0.29) is 11.8 Å². The molecule has 0 aromatic carbocycles. The van der Waals surface area contributed by atoms with Crippen LogP contribution in [-0.2, 0) is 17.7 Å². The smallest absolute Gasteiger partial charge is 0.270 e. The number of nitrogens with one attached hydrogen (secondary N) is 1. The number of hydrogen-bond acceptors (Lipinski definition) is 5. The fourth-order valence-electron chi connectivity index (χ4n) is 3.05. The minimum absolute atomic E-state index is 0.120. The lowest BCUT2D eigenvalue weighted by molar-refractivity contribution is 0.0722. The van der Waals surface area contributed by atoms with E-state index in [2.05, 4.69) is 9.97 Å². The van der Waals surface area contributed by atoms with Gasteiger partial charge in [-0.15, -0.1) is 0 Å². The van der Waals surface area contributed by atoms with Crippen LogP contribution in [0.1, 0.15) is 45.7 Å². The number of ether oxygens (including phenoxy) is 1. The van der Waals surface area contributed by atoms with Crippen molar-refractivity contribution in [3.8, 4) is 6.07 Å². The van der Waals surface area contributed by atoms with Gasteiger partial charge in [0, 0.05) is 25.8 Å². The topological polar surface area (TPSA) is 95.2 Å². The molecule has 1 amide bonds. The van der Waals surface area contributed by atoms with Crippen molar-refractivity contribution in [1.29, 1.82) is 5.26 Å². The van der Waals surface area contributed by atoms with Crippen molar-refractivity contribution >= 4 is 5.91 Å². The number of nitrogens with zero attached hydrogens (tertiary/aromatic N) is 3. The first-order chi connectivity index (χ1) is 11.2. The second-order valence-electron chi connectivity index (χ2n) is 5.87. The number of rotatable bonds is 2. The summed E-state index contributed by atoms with van der Waals surface area (Å²) in [5.41, 5.74) is 1.72. The van der Waals surface area contributed by atoms with Gasteiger partial charge in [-0.3, -0.25) is 4.79 Å². The number of fused-ring (bicyclic) bond motifs is 1. The van der Waals surface area contributed by atoms with Crippen molar-refractivity contribution in [2.24, 2.45) is 0 Å². The molecule has 0 aliphatic carbocycles. The molecule has 1 atom stereocenters. The lowest BCUT2D eigenvalue weighted by Crippen LogP contribution is -2.36. The normalized spacial score (nSPS) is 20.3. The number of aromatic nitrogens is 2. The summed E-state index contributed by atoms with van der Waals surface area (Å²) in [5, 5.41) is 8.85. The Morgan fingerprint density at radius 2 is 2.43 bits per heavy atom. The zero-order chi connectivity index (χ0) is 15.8. The maximum atomic E-state index is 12.5. The van der Waals surface area contributed by atoms with Crippen LogP contribution >= 0.6 is 0 Å². The number of nitriles is 1. The fourth-order valence-corrected chi connectivity index (χ4v) is 3.05. The molecule has 2 aliphatic rings. The minimum atomic E-state index is -0.120. The Morgan fingerprint density at radius 1 is 1.52 bits per heavy atom. The highest BCUT2D eigenvalue weighted by molar-refractivity contribution is 5.93. The SMILES string of the molecule is N#Cc1c[nH]c(C(=O)N2CCc3oc(C4CCOC4)nc3C2)c1. The van der Waals surface area contributed by atoms with Gasteiger partial charge >= 0.3 is 0 Å². The molecule has 1 fully saturated rings. The average Bonchev–Trinajstić information content (AvgIpc) is 3.32. The maximum Gasteiger partial charge on any atom is 0.270 e. The first-order valence-corrected chi connectivity index (χ1v) is 7.68. The quantitative estimate of drug-likeness (QED) is 0.908. The van der Waals surface area contributed by atoms with Gasteiger partial charge in [0.2, 0.25) is 0 Å². The molecule has 118 valence electrons. The first-order valence-electron chi connectivity index (χ1n) is 7.68. The molecule has 7 heteroatoms. The summed E-state index contributed by atoms with van der Waals surface area (Å²) in [6.45, 7) is 2.42. The summed E-state index contributed by atoms with van der Waals surface area (Å²) >= 11 is 0. The Labute approximate surface area is 132 Å². The van der Waals surface area contributed by atoms with E-state index < -0.39 is 0 Å². The molecule has 1 N–H and O–H groups in total. The molecule has 0 radical (unpaired) electrons. The second-order valence-corrected chi connectivity index (χ2v) is 5.87. The molecule has 23 heavy (non-hydrogen) atoms. The van der Waals surface area contributed by atoms with Crippen molar-refractivity contribution in [2.75, 3.05) is 19.8 Å². The fraction of sp³-hybridized carbons (Fsp3) is 0.438. The molecule has 0 spiro atoms. The average molecular weight is 312 g/mol. The number of oxazole rings is 1. The van der Waals surface area contributed by atoms with E-state index in [4.69, 9.17) is 14.4 Å². The van der Waals surface area contributed by atoms with Crippen LogP contribution in [0.5, 0.6) is 0 Å². The Hall–Kier alpha value is -2.59. The first kappa shape index (κ1) is 14.0. The van der Waals surface area contributed by atoms with Crippen molar-refractivity contribution in [3.05, 3.63) is 40.9 Å². The van der Waals surface area contributed by atoms with Gasteiger partial charge in [-0.05, 0) is 12.5 Å². The van der Waals surface area contributed by atoms with Crippen LogP contribution in [0.25, 0.3) is 0 Å². The van der Waals surface area contributed by atoms with E-state index >= 15 is 0 Å². The Kier molecular flexibility index (Phi) is 3.39. The van der Waals surface area contributed by atoms with Crippen LogP contribution in [-0.4, -0.2) is 40.5 Å². The zero-order valence-corrected chi connectivity index (χ0v) is 12.5. The van der Waals surface area contributed by atoms with Crippen molar-refractivity contribution in [2.45, 2.75) is 25.3 Å². The van der Waals surface area contributed by atoms with E-state index in [0.717, 1.165) is 30.4 Å². The van der Waals surface area contributed by atoms with Gasteiger partial charge in [0.25, 0.3) is 5.91 Å². The molecule has 2 aromatic heterocycles. The molecule has 2 aromatic rings. The molecule has 0 saturated carbocycles. The van der Waals surface area contributed by atoms with E-state index in [1.54, 1.807) is 11.0 Å². The van der Waals surface area contributed by atoms with Gasteiger partial charge < -0.3 is 19.0 Å². The van der Waals surface area contributed by atoms with Gasteiger partial charge in [-0.25, -0.2) is 4.98 Å². The molecule has 1 saturated heterocycles. The Morgan fingerprint density at radius 3 is 3.17 bits per heavy atom. The molecule has 4 heterocycles. The van der Waals surface area contributed by atoms with Crippen LogP contribution in [0.15, 0.2) is 16.7 Å². The Bertz CT molecular complexity index is 780. The van der Waals surface area contributed by atoms with Crippen LogP contribution in [0.2, 0.25) is 0 Å². The zero-order valence-electron chi connectivity index (χ0n) is 12.5. The summed E-state index contributed by atoms with van der Waals surface area (Å²) in [4.78, 5) is 21.7. The number of H-pyrrole nitrogens is 1. The monoisotopic (exact) mass is 312 g/mol. The molecule has 7 nitrogen and oxygen atoms in total. The standard InChI is InChI=1S/C16H16N4O3/c17-6-10-5-12(18-7-10)16(21)20-3-1-14-13(8-20)19-15(23-14)11-2-4-22-9-11/h5,7,11,18H,1-4,8-9H2. The summed E-state index contributed by atoms with van der Waals surface area (Å²) in [5.74, 6) is 1.71. The van der Waals surface area contributed by atoms with Gasteiger partial charge in [0.1, 0.15) is 23.2 Å². The minimum Gasteiger partial charge on any atom is -0.445 e. The van der Waals surface area contributed by atoms with Crippen molar-refractivity contribution in [3.63, 3.8) is 0 Å². The highest BCUT2D eigenvalue weighted by Crippen LogP contribution is 2.29. The lowest BCUT2D eigenvalue weighted by Gasteiger charge is -2.24. The molecule has 4 rings (SSSR count).